The molecular weight excluding hydrogens is 240 g/mol. The molecule has 1 aliphatic heterocycles. The van der Waals surface area contributed by atoms with Gasteiger partial charge in [-0.3, -0.25) is 9.58 Å². The van der Waals surface area contributed by atoms with Crippen LogP contribution in [0.2, 0.25) is 0 Å². The SMILES string of the molecule is CCCn1cc(C2C(CN)OCCN2C(C)C)cn1. The van der Waals surface area contributed by atoms with E-state index in [1.807, 2.05) is 10.9 Å². The number of ether oxygens (including phenoxy) is 1. The van der Waals surface area contributed by atoms with E-state index >= 15 is 0 Å². The van der Waals surface area contributed by atoms with Crippen molar-refractivity contribution >= 4 is 0 Å². The van der Waals surface area contributed by atoms with E-state index in [1.165, 1.54) is 5.56 Å². The van der Waals surface area contributed by atoms with Crippen LogP contribution < -0.4 is 5.73 Å². The lowest BCUT2D eigenvalue weighted by molar-refractivity contribution is -0.0789. The van der Waals surface area contributed by atoms with Crippen LogP contribution in [0.4, 0.5) is 0 Å². The van der Waals surface area contributed by atoms with Crippen LogP contribution in [0.3, 0.4) is 0 Å². The fourth-order valence-electron chi connectivity index (χ4n) is 2.82. The molecule has 0 bridgehead atoms. The number of morpholine rings is 1. The lowest BCUT2D eigenvalue weighted by atomic mass is 9.99. The topological polar surface area (TPSA) is 56.3 Å². The third-order valence-corrected chi connectivity index (χ3v) is 3.73. The van der Waals surface area contributed by atoms with Crippen LogP contribution in [0.15, 0.2) is 12.4 Å². The van der Waals surface area contributed by atoms with E-state index in [2.05, 4.69) is 37.0 Å². The quantitative estimate of drug-likeness (QED) is 0.875. The Bertz CT molecular complexity index is 391. The van der Waals surface area contributed by atoms with Gasteiger partial charge in [0.15, 0.2) is 0 Å². The van der Waals surface area contributed by atoms with Crippen molar-refractivity contribution < 1.29 is 4.74 Å². The second-order valence-electron chi connectivity index (χ2n) is 5.46. The molecule has 0 aliphatic carbocycles. The Hall–Kier alpha value is -0.910. The average molecular weight is 266 g/mol. The molecule has 2 rings (SSSR count). The van der Waals surface area contributed by atoms with Crippen molar-refractivity contribution in [3.8, 4) is 0 Å². The molecule has 0 aromatic carbocycles. The molecule has 0 saturated carbocycles. The van der Waals surface area contributed by atoms with Gasteiger partial charge in [0.2, 0.25) is 0 Å². The molecule has 1 aromatic rings. The van der Waals surface area contributed by atoms with Gasteiger partial charge in [-0.25, -0.2) is 0 Å². The van der Waals surface area contributed by atoms with Crippen molar-refractivity contribution in [1.82, 2.24) is 14.7 Å². The first-order valence-electron chi connectivity index (χ1n) is 7.27. The molecule has 0 radical (unpaired) electrons. The summed E-state index contributed by atoms with van der Waals surface area (Å²) in [5, 5.41) is 4.44. The maximum absolute atomic E-state index is 5.88. The molecule has 2 unspecified atom stereocenters. The van der Waals surface area contributed by atoms with Crippen molar-refractivity contribution in [3.63, 3.8) is 0 Å². The predicted molar refractivity (Wildman–Crippen MR) is 75.9 cm³/mol. The Morgan fingerprint density at radius 1 is 1.53 bits per heavy atom. The van der Waals surface area contributed by atoms with E-state index in [9.17, 15) is 0 Å². The molecule has 5 heteroatoms. The predicted octanol–water partition coefficient (Wildman–Crippen LogP) is 1.40. The maximum atomic E-state index is 5.88. The van der Waals surface area contributed by atoms with Crippen molar-refractivity contribution in [2.45, 2.75) is 51.9 Å². The summed E-state index contributed by atoms with van der Waals surface area (Å²) < 4.78 is 7.85. The fourth-order valence-corrected chi connectivity index (χ4v) is 2.82. The van der Waals surface area contributed by atoms with Gasteiger partial charge in [0.1, 0.15) is 0 Å². The minimum Gasteiger partial charge on any atom is -0.374 e. The highest BCUT2D eigenvalue weighted by molar-refractivity contribution is 5.14. The van der Waals surface area contributed by atoms with Crippen molar-refractivity contribution in [3.05, 3.63) is 18.0 Å². The minimum atomic E-state index is 0.0652. The molecule has 2 N–H and O–H groups in total. The average Bonchev–Trinajstić information content (AvgIpc) is 2.86. The van der Waals surface area contributed by atoms with Gasteiger partial charge in [0, 0.05) is 37.4 Å². The zero-order valence-corrected chi connectivity index (χ0v) is 12.2. The summed E-state index contributed by atoms with van der Waals surface area (Å²) in [5.41, 5.74) is 7.10. The number of nitrogens with two attached hydrogens (primary N) is 1. The molecule has 2 atom stereocenters. The molecule has 2 heterocycles. The van der Waals surface area contributed by atoms with Gasteiger partial charge in [-0.1, -0.05) is 6.92 Å². The number of rotatable bonds is 5. The Kier molecular flexibility index (Phi) is 4.96. The number of aryl methyl sites for hydroxylation is 1. The Balaban J connectivity index is 2.23. The summed E-state index contributed by atoms with van der Waals surface area (Å²) in [4.78, 5) is 2.47. The number of hydrogen-bond donors (Lipinski definition) is 1. The molecule has 1 aromatic heterocycles. The highest BCUT2D eigenvalue weighted by atomic mass is 16.5. The van der Waals surface area contributed by atoms with Crippen LogP contribution in [0.1, 0.15) is 38.8 Å². The summed E-state index contributed by atoms with van der Waals surface area (Å²) in [6.45, 7) is 9.84. The van der Waals surface area contributed by atoms with Gasteiger partial charge in [-0.05, 0) is 20.3 Å². The second-order valence-corrected chi connectivity index (χ2v) is 5.46. The lowest BCUT2D eigenvalue weighted by Crippen LogP contribution is -2.50. The van der Waals surface area contributed by atoms with E-state index in [4.69, 9.17) is 10.5 Å². The van der Waals surface area contributed by atoms with Crippen LogP contribution in [-0.2, 0) is 11.3 Å². The Morgan fingerprint density at radius 3 is 2.95 bits per heavy atom. The number of aromatic nitrogens is 2. The van der Waals surface area contributed by atoms with E-state index < -0.39 is 0 Å². The van der Waals surface area contributed by atoms with Gasteiger partial charge in [0.25, 0.3) is 0 Å². The van der Waals surface area contributed by atoms with Crippen LogP contribution in [0.5, 0.6) is 0 Å². The molecule has 1 fully saturated rings. The van der Waals surface area contributed by atoms with Gasteiger partial charge in [-0.2, -0.15) is 5.10 Å². The Labute approximate surface area is 115 Å². The van der Waals surface area contributed by atoms with Crippen LogP contribution in [0.25, 0.3) is 0 Å². The molecule has 0 spiro atoms. The largest absolute Gasteiger partial charge is 0.374 e. The first-order valence-corrected chi connectivity index (χ1v) is 7.27. The molecule has 5 nitrogen and oxygen atoms in total. The monoisotopic (exact) mass is 266 g/mol. The summed E-state index contributed by atoms with van der Waals surface area (Å²) >= 11 is 0. The normalized spacial score (nSPS) is 25.1. The minimum absolute atomic E-state index is 0.0652. The second kappa shape index (κ2) is 6.50. The van der Waals surface area contributed by atoms with Gasteiger partial charge in [-0.15, -0.1) is 0 Å². The van der Waals surface area contributed by atoms with Gasteiger partial charge >= 0.3 is 0 Å². The summed E-state index contributed by atoms with van der Waals surface area (Å²) in [5.74, 6) is 0. The third-order valence-electron chi connectivity index (χ3n) is 3.73. The maximum Gasteiger partial charge on any atom is 0.0895 e. The lowest BCUT2D eigenvalue weighted by Gasteiger charge is -2.42. The molecule has 0 amide bonds. The van der Waals surface area contributed by atoms with Crippen LogP contribution in [-0.4, -0.2) is 46.5 Å². The van der Waals surface area contributed by atoms with E-state index in [0.717, 1.165) is 26.1 Å². The fraction of sp³-hybridized carbons (Fsp3) is 0.786. The standard InChI is InChI=1S/C14H26N4O/c1-4-5-17-10-12(9-16-17)14-13(8-15)19-7-6-18(14)11(2)3/h9-11,13-14H,4-8,15H2,1-3H3. The summed E-state index contributed by atoms with van der Waals surface area (Å²) in [6.07, 6.45) is 5.26. The van der Waals surface area contributed by atoms with Crippen molar-refractivity contribution in [1.29, 1.82) is 0 Å². The number of nitrogens with zero attached hydrogens (tertiary/aromatic N) is 3. The van der Waals surface area contributed by atoms with Crippen LogP contribution in [0, 0.1) is 0 Å². The van der Waals surface area contributed by atoms with E-state index in [-0.39, 0.29) is 12.1 Å². The molecular formula is C14H26N4O. The van der Waals surface area contributed by atoms with Gasteiger partial charge in [0.05, 0.1) is 24.9 Å². The molecule has 1 aliphatic rings. The third kappa shape index (κ3) is 3.16. The number of hydrogen-bond acceptors (Lipinski definition) is 4. The van der Waals surface area contributed by atoms with Gasteiger partial charge < -0.3 is 10.5 Å². The van der Waals surface area contributed by atoms with Crippen LogP contribution >= 0.6 is 0 Å². The summed E-state index contributed by atoms with van der Waals surface area (Å²) in [7, 11) is 0. The highest BCUT2D eigenvalue weighted by Crippen LogP contribution is 2.30. The molecule has 19 heavy (non-hydrogen) atoms. The first-order chi connectivity index (χ1) is 9.17. The smallest absolute Gasteiger partial charge is 0.0895 e. The molecule has 108 valence electrons. The summed E-state index contributed by atoms with van der Waals surface area (Å²) in [6, 6.07) is 0.710. The Morgan fingerprint density at radius 2 is 2.32 bits per heavy atom. The van der Waals surface area contributed by atoms with E-state index in [0.29, 0.717) is 12.6 Å². The zero-order valence-electron chi connectivity index (χ0n) is 12.2. The zero-order chi connectivity index (χ0) is 13.8. The molecule has 1 saturated heterocycles. The van der Waals surface area contributed by atoms with E-state index in [1.54, 1.807) is 0 Å². The first kappa shape index (κ1) is 14.5. The highest BCUT2D eigenvalue weighted by Gasteiger charge is 2.34. The van der Waals surface area contributed by atoms with Crippen molar-refractivity contribution in [2.24, 2.45) is 5.73 Å². The van der Waals surface area contributed by atoms with Crippen molar-refractivity contribution in [2.75, 3.05) is 19.7 Å².